The fourth-order valence-electron chi connectivity index (χ4n) is 2.26. The Morgan fingerprint density at radius 3 is 2.22 bits per heavy atom. The lowest BCUT2D eigenvalue weighted by Gasteiger charge is -2.28. The van der Waals surface area contributed by atoms with Crippen molar-refractivity contribution in [3.05, 3.63) is 0 Å². The highest BCUT2D eigenvalue weighted by molar-refractivity contribution is 5.82. The van der Waals surface area contributed by atoms with Crippen molar-refractivity contribution in [2.24, 2.45) is 11.1 Å². The van der Waals surface area contributed by atoms with E-state index in [-0.39, 0.29) is 11.3 Å². The average Bonchev–Trinajstić information content (AvgIpc) is 2.38. The third-order valence-electron chi connectivity index (χ3n) is 3.64. The first-order valence-corrected chi connectivity index (χ1v) is 7.59. The topological polar surface area (TPSA) is 55.1 Å². The lowest BCUT2D eigenvalue weighted by Crippen LogP contribution is -2.41. The van der Waals surface area contributed by atoms with Gasteiger partial charge in [-0.25, -0.2) is 0 Å². The predicted molar refractivity (Wildman–Crippen MR) is 78.5 cm³/mol. The van der Waals surface area contributed by atoms with Crippen molar-refractivity contribution in [2.45, 2.75) is 72.1 Å². The molecule has 0 bridgehead atoms. The highest BCUT2D eigenvalue weighted by atomic mass is 16.2. The number of nitrogens with two attached hydrogens (primary N) is 1. The zero-order valence-corrected chi connectivity index (χ0v) is 12.6. The number of unbranched alkanes of at least 4 members (excludes halogenated alkanes) is 4. The molecule has 108 valence electrons. The Bertz CT molecular complexity index is 219. The van der Waals surface area contributed by atoms with E-state index < -0.39 is 0 Å². The molecule has 0 saturated heterocycles. The molecule has 1 amide bonds. The van der Waals surface area contributed by atoms with Crippen LogP contribution in [0.2, 0.25) is 0 Å². The van der Waals surface area contributed by atoms with E-state index in [1.165, 1.54) is 19.3 Å². The zero-order chi connectivity index (χ0) is 13.9. The van der Waals surface area contributed by atoms with Crippen molar-refractivity contribution in [2.75, 3.05) is 13.1 Å². The van der Waals surface area contributed by atoms with Crippen LogP contribution in [-0.2, 0) is 4.79 Å². The van der Waals surface area contributed by atoms with Crippen LogP contribution in [0.15, 0.2) is 0 Å². The van der Waals surface area contributed by atoms with Crippen molar-refractivity contribution in [3.8, 4) is 0 Å². The lowest BCUT2D eigenvalue weighted by molar-refractivity contribution is -0.131. The second-order valence-electron chi connectivity index (χ2n) is 5.52. The van der Waals surface area contributed by atoms with Gasteiger partial charge in [0, 0.05) is 18.5 Å². The highest BCUT2D eigenvalue weighted by Gasteiger charge is 2.31. The van der Waals surface area contributed by atoms with Gasteiger partial charge in [0.15, 0.2) is 0 Å². The minimum atomic E-state index is -0.196. The molecule has 0 rings (SSSR count). The van der Waals surface area contributed by atoms with Crippen LogP contribution in [0.25, 0.3) is 0 Å². The van der Waals surface area contributed by atoms with Gasteiger partial charge in [-0.15, -0.1) is 0 Å². The van der Waals surface area contributed by atoms with Gasteiger partial charge in [0.2, 0.25) is 5.91 Å². The smallest absolute Gasteiger partial charge is 0.225 e. The fraction of sp³-hybridized carbons (Fsp3) is 0.933. The number of nitrogens with one attached hydrogen (secondary N) is 1. The molecule has 3 N–H and O–H groups in total. The zero-order valence-electron chi connectivity index (χ0n) is 12.6. The van der Waals surface area contributed by atoms with E-state index in [9.17, 15) is 4.79 Å². The molecule has 0 heterocycles. The van der Waals surface area contributed by atoms with Crippen molar-refractivity contribution in [1.82, 2.24) is 5.32 Å². The Morgan fingerprint density at radius 2 is 1.67 bits per heavy atom. The molecule has 3 nitrogen and oxygen atoms in total. The van der Waals surface area contributed by atoms with Crippen LogP contribution < -0.4 is 11.1 Å². The van der Waals surface area contributed by atoms with Gasteiger partial charge < -0.3 is 11.1 Å². The van der Waals surface area contributed by atoms with Gasteiger partial charge in [0.05, 0.1) is 0 Å². The van der Waals surface area contributed by atoms with Gasteiger partial charge in [-0.3, -0.25) is 4.79 Å². The Morgan fingerprint density at radius 1 is 1.06 bits per heavy atom. The van der Waals surface area contributed by atoms with Crippen molar-refractivity contribution >= 4 is 5.91 Å². The number of amides is 1. The van der Waals surface area contributed by atoms with E-state index in [4.69, 9.17) is 5.73 Å². The molecule has 0 fully saturated rings. The highest BCUT2D eigenvalue weighted by Crippen LogP contribution is 2.31. The molecule has 18 heavy (non-hydrogen) atoms. The van der Waals surface area contributed by atoms with Crippen LogP contribution in [0.1, 0.15) is 72.1 Å². The van der Waals surface area contributed by atoms with Crippen molar-refractivity contribution in [1.29, 1.82) is 0 Å². The number of hydrogen-bond acceptors (Lipinski definition) is 2. The molecular weight excluding hydrogens is 224 g/mol. The summed E-state index contributed by atoms with van der Waals surface area (Å²) in [6.07, 6.45) is 9.18. The summed E-state index contributed by atoms with van der Waals surface area (Å²) in [7, 11) is 0. The Kier molecular flexibility index (Phi) is 10.0. The molecule has 0 aromatic heterocycles. The maximum atomic E-state index is 12.2. The third-order valence-corrected chi connectivity index (χ3v) is 3.64. The first-order valence-electron chi connectivity index (χ1n) is 7.59. The first kappa shape index (κ1) is 17.4. The SMILES string of the molecule is CCCCCCC(C)(CCCC)C(=O)NCCN. The second-order valence-corrected chi connectivity index (χ2v) is 5.52. The molecule has 0 radical (unpaired) electrons. The summed E-state index contributed by atoms with van der Waals surface area (Å²) in [5.41, 5.74) is 5.25. The average molecular weight is 256 g/mol. The Labute approximate surface area is 113 Å². The third kappa shape index (κ3) is 7.00. The molecule has 0 aromatic carbocycles. The van der Waals surface area contributed by atoms with Crippen LogP contribution in [-0.4, -0.2) is 19.0 Å². The van der Waals surface area contributed by atoms with Crippen LogP contribution >= 0.6 is 0 Å². The Hall–Kier alpha value is -0.570. The number of rotatable bonds is 11. The van der Waals surface area contributed by atoms with E-state index in [1.54, 1.807) is 0 Å². The fourth-order valence-corrected chi connectivity index (χ4v) is 2.26. The normalized spacial score (nSPS) is 14.2. The van der Waals surface area contributed by atoms with Crippen LogP contribution in [0.4, 0.5) is 0 Å². The molecule has 0 aromatic rings. The van der Waals surface area contributed by atoms with E-state index >= 15 is 0 Å². The predicted octanol–water partition coefficient (Wildman–Crippen LogP) is 3.23. The molecule has 0 saturated carbocycles. The monoisotopic (exact) mass is 256 g/mol. The minimum Gasteiger partial charge on any atom is -0.354 e. The molecule has 0 aliphatic heterocycles. The van der Waals surface area contributed by atoms with Crippen molar-refractivity contribution < 1.29 is 4.79 Å². The summed E-state index contributed by atoms with van der Waals surface area (Å²) in [4.78, 5) is 12.2. The summed E-state index contributed by atoms with van der Waals surface area (Å²) in [5.74, 6) is 0.192. The molecule has 0 spiro atoms. The summed E-state index contributed by atoms with van der Waals surface area (Å²) in [6.45, 7) is 7.61. The van der Waals surface area contributed by atoms with Gasteiger partial charge >= 0.3 is 0 Å². The van der Waals surface area contributed by atoms with E-state index in [0.29, 0.717) is 13.1 Å². The quantitative estimate of drug-likeness (QED) is 0.558. The van der Waals surface area contributed by atoms with Crippen LogP contribution in [0, 0.1) is 5.41 Å². The molecular formula is C15H32N2O. The molecule has 0 aliphatic carbocycles. The lowest BCUT2D eigenvalue weighted by atomic mass is 9.79. The molecule has 1 atom stereocenters. The summed E-state index contributed by atoms with van der Waals surface area (Å²) in [5, 5.41) is 2.96. The maximum Gasteiger partial charge on any atom is 0.225 e. The molecule has 1 unspecified atom stereocenters. The van der Waals surface area contributed by atoms with E-state index in [1.807, 2.05) is 0 Å². The largest absolute Gasteiger partial charge is 0.354 e. The van der Waals surface area contributed by atoms with E-state index in [0.717, 1.165) is 32.1 Å². The standard InChI is InChI=1S/C15H32N2O/c1-4-6-8-9-11-15(3,10-7-5-2)14(18)17-13-12-16/h4-13,16H2,1-3H3,(H,17,18). The van der Waals surface area contributed by atoms with Crippen molar-refractivity contribution in [3.63, 3.8) is 0 Å². The second kappa shape index (κ2) is 10.4. The molecule has 0 aliphatic rings. The number of carbonyl (C=O) groups is 1. The van der Waals surface area contributed by atoms with Gasteiger partial charge in [0.1, 0.15) is 0 Å². The maximum absolute atomic E-state index is 12.2. The summed E-state index contributed by atoms with van der Waals surface area (Å²) in [6, 6.07) is 0. The van der Waals surface area contributed by atoms with Gasteiger partial charge in [-0.2, -0.15) is 0 Å². The van der Waals surface area contributed by atoms with Crippen LogP contribution in [0.3, 0.4) is 0 Å². The minimum absolute atomic E-state index is 0.192. The van der Waals surface area contributed by atoms with Gasteiger partial charge in [0.25, 0.3) is 0 Å². The summed E-state index contributed by atoms with van der Waals surface area (Å²) >= 11 is 0. The Balaban J connectivity index is 4.26. The van der Waals surface area contributed by atoms with Crippen LogP contribution in [0.5, 0.6) is 0 Å². The van der Waals surface area contributed by atoms with Gasteiger partial charge in [-0.05, 0) is 12.8 Å². The number of carbonyl (C=O) groups excluding carboxylic acids is 1. The van der Waals surface area contributed by atoms with Gasteiger partial charge in [-0.1, -0.05) is 59.3 Å². The van der Waals surface area contributed by atoms with E-state index in [2.05, 4.69) is 26.1 Å². The first-order chi connectivity index (χ1) is 8.60. The number of hydrogen-bond donors (Lipinski definition) is 2. The molecule has 3 heteroatoms. The summed E-state index contributed by atoms with van der Waals surface area (Å²) < 4.78 is 0.